The lowest BCUT2D eigenvalue weighted by Gasteiger charge is -2.41. The monoisotopic (exact) mass is 772 g/mol. The van der Waals surface area contributed by atoms with Crippen LogP contribution >= 0.6 is 15.9 Å². The fraction of sp³-hybridized carbons (Fsp3) is 0.486. The van der Waals surface area contributed by atoms with Gasteiger partial charge in [0.15, 0.2) is 6.10 Å². The topological polar surface area (TPSA) is 142 Å². The number of halogens is 4. The molecule has 1 atom stereocenters. The highest BCUT2D eigenvalue weighted by Crippen LogP contribution is 2.38. The van der Waals surface area contributed by atoms with Gasteiger partial charge in [-0.3, -0.25) is 19.2 Å². The van der Waals surface area contributed by atoms with E-state index >= 15 is 0 Å². The van der Waals surface area contributed by atoms with Crippen molar-refractivity contribution >= 4 is 55.6 Å². The number of hydrogen-bond donors (Lipinski definition) is 3. The Balaban J connectivity index is 1.07. The SMILES string of the molecule is Nc1c(Br)cc(C[C@@H](OC(=O)N2CCC(n3c(=O)[nH]c4c5ccccc5ncc43)CC2)C(=O)N2CCC(N3CCNCC3)CC2)cc1C(F)(F)F. The number of likely N-dealkylation sites (tertiary alicyclic amines) is 2. The lowest BCUT2D eigenvalue weighted by Crippen LogP contribution is -2.54. The molecule has 4 N–H and O–H groups in total. The number of amides is 2. The number of nitrogen functional groups attached to an aromatic ring is 1. The number of ether oxygens (including phenoxy) is 1. The molecule has 3 saturated heterocycles. The zero-order chi connectivity index (χ0) is 35.9. The van der Waals surface area contributed by atoms with Gasteiger partial charge in [0, 0.05) is 80.7 Å². The van der Waals surface area contributed by atoms with Crippen LogP contribution in [0.5, 0.6) is 0 Å². The summed E-state index contributed by atoms with van der Waals surface area (Å²) in [5, 5.41) is 4.19. The second kappa shape index (κ2) is 14.5. The van der Waals surface area contributed by atoms with E-state index in [4.69, 9.17) is 10.5 Å². The minimum Gasteiger partial charge on any atom is -0.436 e. The fourth-order valence-electron chi connectivity index (χ4n) is 7.71. The van der Waals surface area contributed by atoms with Crippen molar-refractivity contribution in [1.29, 1.82) is 0 Å². The molecule has 7 rings (SSSR count). The Hall–Kier alpha value is -4.15. The number of para-hydroxylation sites is 1. The van der Waals surface area contributed by atoms with Crippen LogP contribution in [0.3, 0.4) is 0 Å². The Kier molecular flexibility index (Phi) is 10.0. The number of aromatic nitrogens is 3. The summed E-state index contributed by atoms with van der Waals surface area (Å²) in [7, 11) is 0. The molecule has 2 aromatic carbocycles. The number of nitrogens with zero attached hydrogens (tertiary/aromatic N) is 5. The molecular weight excluding hydrogens is 733 g/mol. The third kappa shape index (κ3) is 7.31. The molecule has 0 bridgehead atoms. The fourth-order valence-corrected chi connectivity index (χ4v) is 8.22. The summed E-state index contributed by atoms with van der Waals surface area (Å²) >= 11 is 3.13. The van der Waals surface area contributed by atoms with E-state index in [1.165, 1.54) is 11.0 Å². The summed E-state index contributed by atoms with van der Waals surface area (Å²) in [6.45, 7) is 5.12. The van der Waals surface area contributed by atoms with Gasteiger partial charge in [0.1, 0.15) is 0 Å². The predicted molar refractivity (Wildman–Crippen MR) is 189 cm³/mol. The molecule has 51 heavy (non-hydrogen) atoms. The van der Waals surface area contributed by atoms with Gasteiger partial charge in [0.05, 0.1) is 34.0 Å². The number of H-pyrrole nitrogens is 1. The Morgan fingerprint density at radius 1 is 0.980 bits per heavy atom. The van der Waals surface area contributed by atoms with Crippen LogP contribution in [0.4, 0.5) is 23.7 Å². The van der Waals surface area contributed by atoms with E-state index in [0.717, 1.165) is 56.0 Å². The first-order chi connectivity index (χ1) is 24.5. The molecule has 16 heteroatoms. The molecule has 0 aliphatic carbocycles. The van der Waals surface area contributed by atoms with Gasteiger partial charge in [-0.25, -0.2) is 9.59 Å². The van der Waals surface area contributed by atoms with Crippen LogP contribution in [0.15, 0.2) is 51.9 Å². The van der Waals surface area contributed by atoms with Gasteiger partial charge in [0.2, 0.25) is 0 Å². The van der Waals surface area contributed by atoms with Crippen molar-refractivity contribution in [3.8, 4) is 0 Å². The number of hydrogen-bond acceptors (Lipinski definition) is 8. The highest BCUT2D eigenvalue weighted by atomic mass is 79.9. The summed E-state index contributed by atoms with van der Waals surface area (Å²) < 4.78 is 49.2. The summed E-state index contributed by atoms with van der Waals surface area (Å²) in [4.78, 5) is 53.8. The lowest BCUT2D eigenvalue weighted by molar-refractivity contribution is -0.142. The van der Waals surface area contributed by atoms with Crippen molar-refractivity contribution in [2.75, 3.05) is 58.1 Å². The second-order valence-corrected chi connectivity index (χ2v) is 14.4. The van der Waals surface area contributed by atoms with Crippen LogP contribution in [0.1, 0.15) is 42.9 Å². The van der Waals surface area contributed by atoms with E-state index in [9.17, 15) is 27.6 Å². The molecule has 4 aromatic rings. The number of pyridine rings is 1. The minimum atomic E-state index is -4.72. The molecule has 0 saturated carbocycles. The van der Waals surface area contributed by atoms with Gasteiger partial charge in [-0.05, 0) is 65.4 Å². The van der Waals surface area contributed by atoms with Crippen LogP contribution in [0, 0.1) is 0 Å². The molecule has 2 aromatic heterocycles. The number of rotatable bonds is 6. The molecule has 3 fully saturated rings. The number of carbonyl (C=O) groups excluding carboxylic acids is 2. The molecule has 2 amide bonds. The Morgan fingerprint density at radius 2 is 1.65 bits per heavy atom. The van der Waals surface area contributed by atoms with Crippen molar-refractivity contribution in [2.45, 2.75) is 56.5 Å². The van der Waals surface area contributed by atoms with Crippen LogP contribution in [0.25, 0.3) is 21.9 Å². The van der Waals surface area contributed by atoms with Crippen molar-refractivity contribution in [1.82, 2.24) is 34.6 Å². The molecule has 0 unspecified atom stereocenters. The van der Waals surface area contributed by atoms with Gasteiger partial charge in [-0.2, -0.15) is 13.2 Å². The maximum absolute atomic E-state index is 14.0. The first-order valence-electron chi connectivity index (χ1n) is 17.3. The van der Waals surface area contributed by atoms with E-state index in [1.807, 2.05) is 24.3 Å². The number of nitrogens with two attached hydrogens (primary N) is 1. The number of piperidine rings is 2. The third-order valence-corrected chi connectivity index (χ3v) is 11.1. The maximum atomic E-state index is 14.0. The Morgan fingerprint density at radius 3 is 2.35 bits per heavy atom. The predicted octanol–water partition coefficient (Wildman–Crippen LogP) is 4.52. The highest BCUT2D eigenvalue weighted by Gasteiger charge is 2.37. The third-order valence-electron chi connectivity index (χ3n) is 10.4. The number of carbonyl (C=O) groups is 2. The zero-order valence-electron chi connectivity index (χ0n) is 27.9. The molecule has 3 aliphatic heterocycles. The summed E-state index contributed by atoms with van der Waals surface area (Å²) in [6.07, 6.45) is -2.96. The molecule has 0 radical (unpaired) electrons. The second-order valence-electron chi connectivity index (χ2n) is 13.5. The summed E-state index contributed by atoms with van der Waals surface area (Å²) in [6, 6.07) is 10.0. The number of fused-ring (bicyclic) bond motifs is 3. The summed E-state index contributed by atoms with van der Waals surface area (Å²) in [5.74, 6) is -0.441. The van der Waals surface area contributed by atoms with Crippen molar-refractivity contribution in [3.05, 3.63) is 68.7 Å². The normalized spacial score (nSPS) is 19.1. The van der Waals surface area contributed by atoms with Crippen LogP contribution in [-0.4, -0.2) is 106 Å². The largest absolute Gasteiger partial charge is 0.436 e. The molecule has 5 heterocycles. The van der Waals surface area contributed by atoms with E-state index in [0.29, 0.717) is 43.0 Å². The number of anilines is 1. The molecule has 12 nitrogen and oxygen atoms in total. The smallest absolute Gasteiger partial charge is 0.418 e. The number of benzene rings is 2. The van der Waals surface area contributed by atoms with Crippen LogP contribution in [0.2, 0.25) is 0 Å². The zero-order valence-corrected chi connectivity index (χ0v) is 29.5. The molecule has 0 spiro atoms. The average molecular weight is 774 g/mol. The number of imidazole rings is 1. The number of aromatic amines is 1. The first kappa shape index (κ1) is 35.3. The van der Waals surface area contributed by atoms with Gasteiger partial charge in [0.25, 0.3) is 5.91 Å². The maximum Gasteiger partial charge on any atom is 0.418 e. The van der Waals surface area contributed by atoms with Crippen molar-refractivity contribution in [3.63, 3.8) is 0 Å². The standard InChI is InChI=1S/C35H40BrF3N8O4/c36-26-18-21(17-25(30(26)40)35(37,38)39)19-29(32(48)45-11-5-22(6-12-45)44-15-9-41-10-16-44)51-34(50)46-13-7-23(8-14-46)47-28-20-42-27-4-2-1-3-24(27)31(28)43-33(47)49/h1-4,17-18,20,22-23,29,41H,5-16,19,40H2,(H,43,49)/t29-/m1/s1. The van der Waals surface area contributed by atoms with Gasteiger partial charge in [-0.1, -0.05) is 18.2 Å². The summed E-state index contributed by atoms with van der Waals surface area (Å²) in [5.41, 5.74) is 6.30. The number of alkyl halides is 3. The van der Waals surface area contributed by atoms with Crippen LogP contribution < -0.4 is 16.7 Å². The van der Waals surface area contributed by atoms with Gasteiger partial charge in [-0.15, -0.1) is 0 Å². The van der Waals surface area contributed by atoms with E-state index in [2.05, 4.69) is 36.1 Å². The van der Waals surface area contributed by atoms with Crippen LogP contribution in [-0.2, 0) is 22.1 Å². The van der Waals surface area contributed by atoms with Gasteiger partial charge >= 0.3 is 18.0 Å². The number of nitrogens with one attached hydrogen (secondary N) is 2. The van der Waals surface area contributed by atoms with Crippen molar-refractivity contribution < 1.29 is 27.5 Å². The Labute approximate surface area is 300 Å². The molecular formula is C35H40BrF3N8O4. The van der Waals surface area contributed by atoms with E-state index < -0.39 is 35.5 Å². The number of piperazine rings is 1. The molecule has 272 valence electrons. The minimum absolute atomic E-state index is 0.0412. The highest BCUT2D eigenvalue weighted by molar-refractivity contribution is 9.10. The van der Waals surface area contributed by atoms with Gasteiger partial charge < -0.3 is 30.6 Å². The Bertz CT molecular complexity index is 1980. The van der Waals surface area contributed by atoms with E-state index in [-0.39, 0.29) is 41.3 Å². The van der Waals surface area contributed by atoms with E-state index in [1.54, 1.807) is 15.7 Å². The first-order valence-corrected chi connectivity index (χ1v) is 18.1. The van der Waals surface area contributed by atoms with Crippen molar-refractivity contribution in [2.24, 2.45) is 0 Å². The lowest BCUT2D eigenvalue weighted by atomic mass is 9.99. The molecule has 3 aliphatic rings. The average Bonchev–Trinajstić information content (AvgIpc) is 3.48. The quantitative estimate of drug-likeness (QED) is 0.243.